The summed E-state index contributed by atoms with van der Waals surface area (Å²) in [6, 6.07) is 6.69. The summed E-state index contributed by atoms with van der Waals surface area (Å²) in [5.74, 6) is 2.40. The maximum Gasteiger partial charge on any atom is 0.274 e. The van der Waals surface area contributed by atoms with Crippen molar-refractivity contribution in [3.8, 4) is 17.2 Å². The van der Waals surface area contributed by atoms with Gasteiger partial charge < -0.3 is 23.8 Å². The molecule has 0 N–H and O–H groups in total. The molecule has 2 aliphatic rings. The lowest BCUT2D eigenvalue weighted by Gasteiger charge is -2.36. The largest absolute Gasteiger partial charge is 0.487 e. The molecule has 1 saturated heterocycles. The summed E-state index contributed by atoms with van der Waals surface area (Å²) in [4.78, 5) is 19.1. The van der Waals surface area contributed by atoms with E-state index in [1.807, 2.05) is 18.7 Å². The molecule has 0 aliphatic carbocycles. The SMILES string of the molecule is COCc1cc(=O)n2nc(N3CC[C@@H](Oc4ccc5c(c4)OCCO5)[C@H](F)C3)c(C)c(C)c2n1. The third kappa shape index (κ3) is 4.13. The molecule has 0 radical (unpaired) electrons. The number of hydrogen-bond acceptors (Lipinski definition) is 8. The predicted molar refractivity (Wildman–Crippen MR) is 123 cm³/mol. The lowest BCUT2D eigenvalue weighted by Crippen LogP contribution is -2.48. The molecule has 0 unspecified atom stereocenters. The van der Waals surface area contributed by atoms with Gasteiger partial charge in [-0.1, -0.05) is 0 Å². The predicted octanol–water partition coefficient (Wildman–Crippen LogP) is 2.62. The van der Waals surface area contributed by atoms with Gasteiger partial charge in [0.15, 0.2) is 29.1 Å². The van der Waals surface area contributed by atoms with Crippen LogP contribution in [0.2, 0.25) is 0 Å². The van der Waals surface area contributed by atoms with E-state index >= 15 is 4.39 Å². The first-order valence-corrected chi connectivity index (χ1v) is 11.3. The third-order valence-electron chi connectivity index (χ3n) is 6.25. The average molecular weight is 471 g/mol. The summed E-state index contributed by atoms with van der Waals surface area (Å²) in [6.07, 6.45) is -1.37. The van der Waals surface area contributed by atoms with Gasteiger partial charge in [-0.3, -0.25) is 4.79 Å². The lowest BCUT2D eigenvalue weighted by atomic mass is 10.0. The number of benzene rings is 1. The molecule has 2 atom stereocenters. The highest BCUT2D eigenvalue weighted by atomic mass is 19.1. The molecule has 180 valence electrons. The number of piperidine rings is 1. The Bertz CT molecular complexity index is 1280. The van der Waals surface area contributed by atoms with Crippen molar-refractivity contribution in [3.63, 3.8) is 0 Å². The van der Waals surface area contributed by atoms with Gasteiger partial charge in [-0.2, -0.15) is 4.52 Å². The van der Waals surface area contributed by atoms with Gasteiger partial charge >= 0.3 is 0 Å². The zero-order valence-electron chi connectivity index (χ0n) is 19.4. The molecule has 10 heteroatoms. The Hall–Kier alpha value is -3.40. The van der Waals surface area contributed by atoms with Crippen LogP contribution in [0.4, 0.5) is 10.2 Å². The summed E-state index contributed by atoms with van der Waals surface area (Å²) >= 11 is 0. The average Bonchev–Trinajstić information content (AvgIpc) is 2.83. The second-order valence-electron chi connectivity index (χ2n) is 8.54. The topological polar surface area (TPSA) is 87.4 Å². The van der Waals surface area contributed by atoms with Crippen LogP contribution in [-0.2, 0) is 11.3 Å². The molecule has 1 fully saturated rings. The fourth-order valence-corrected chi connectivity index (χ4v) is 4.37. The number of halogens is 1. The van der Waals surface area contributed by atoms with Crippen molar-refractivity contribution in [1.82, 2.24) is 14.6 Å². The first-order valence-electron chi connectivity index (χ1n) is 11.3. The van der Waals surface area contributed by atoms with Crippen molar-refractivity contribution >= 4 is 11.5 Å². The number of hydrogen-bond donors (Lipinski definition) is 0. The minimum Gasteiger partial charge on any atom is -0.487 e. The van der Waals surface area contributed by atoms with Crippen molar-refractivity contribution in [2.45, 2.75) is 39.2 Å². The van der Waals surface area contributed by atoms with E-state index in [0.29, 0.717) is 60.6 Å². The van der Waals surface area contributed by atoms with Gasteiger partial charge in [0.25, 0.3) is 5.56 Å². The third-order valence-corrected chi connectivity index (χ3v) is 6.25. The number of nitrogens with zero attached hydrogens (tertiary/aromatic N) is 4. The Balaban J connectivity index is 1.35. The molecule has 9 nitrogen and oxygen atoms in total. The first kappa shape index (κ1) is 22.4. The Kier molecular flexibility index (Phi) is 5.99. The van der Waals surface area contributed by atoms with E-state index in [-0.39, 0.29) is 18.7 Å². The molecule has 34 heavy (non-hydrogen) atoms. The number of ether oxygens (including phenoxy) is 4. The quantitative estimate of drug-likeness (QED) is 0.563. The normalized spacial score (nSPS) is 19.9. The van der Waals surface area contributed by atoms with Crippen LogP contribution in [0.1, 0.15) is 23.2 Å². The number of fused-ring (bicyclic) bond motifs is 2. The van der Waals surface area contributed by atoms with E-state index in [2.05, 4.69) is 10.1 Å². The number of alkyl halides is 1. The second kappa shape index (κ2) is 9.09. The van der Waals surface area contributed by atoms with Crippen LogP contribution in [0, 0.1) is 13.8 Å². The molecule has 2 aliphatic heterocycles. The monoisotopic (exact) mass is 470 g/mol. The van der Waals surface area contributed by atoms with Crippen LogP contribution >= 0.6 is 0 Å². The van der Waals surface area contributed by atoms with E-state index in [1.165, 1.54) is 10.6 Å². The summed E-state index contributed by atoms with van der Waals surface area (Å²) in [5, 5.41) is 4.54. The molecule has 1 aromatic carbocycles. The number of rotatable bonds is 5. The van der Waals surface area contributed by atoms with Crippen LogP contribution in [-0.4, -0.2) is 60.3 Å². The fraction of sp³-hybridized carbons (Fsp3) is 0.458. The molecule has 4 heterocycles. The van der Waals surface area contributed by atoms with Crippen molar-refractivity contribution < 1.29 is 23.3 Å². The van der Waals surface area contributed by atoms with Gasteiger partial charge in [-0.15, -0.1) is 5.10 Å². The number of methoxy groups -OCH3 is 1. The van der Waals surface area contributed by atoms with Gasteiger partial charge in [0, 0.05) is 43.3 Å². The van der Waals surface area contributed by atoms with Crippen LogP contribution in [0.25, 0.3) is 5.65 Å². The van der Waals surface area contributed by atoms with Crippen molar-refractivity contribution in [3.05, 3.63) is 51.4 Å². The zero-order chi connectivity index (χ0) is 23.8. The maximum absolute atomic E-state index is 15.2. The van der Waals surface area contributed by atoms with Crippen LogP contribution in [0.5, 0.6) is 17.2 Å². The molecule has 0 spiro atoms. The van der Waals surface area contributed by atoms with Crippen LogP contribution in [0.3, 0.4) is 0 Å². The van der Waals surface area contributed by atoms with Gasteiger partial charge in [0.2, 0.25) is 0 Å². The van der Waals surface area contributed by atoms with Gasteiger partial charge in [-0.05, 0) is 26.0 Å². The molecule has 0 bridgehead atoms. The van der Waals surface area contributed by atoms with Crippen molar-refractivity contribution in [2.24, 2.45) is 0 Å². The number of aryl methyl sites for hydroxylation is 1. The minimum atomic E-state index is -1.24. The number of anilines is 1. The van der Waals surface area contributed by atoms with Crippen molar-refractivity contribution in [2.75, 3.05) is 38.3 Å². The fourth-order valence-electron chi connectivity index (χ4n) is 4.37. The second-order valence-corrected chi connectivity index (χ2v) is 8.54. The first-order chi connectivity index (χ1) is 16.4. The van der Waals surface area contributed by atoms with Gasteiger partial charge in [0.05, 0.1) is 18.8 Å². The molecular weight excluding hydrogens is 443 g/mol. The molecule has 0 saturated carbocycles. The maximum atomic E-state index is 15.2. The van der Waals surface area contributed by atoms with Crippen LogP contribution < -0.4 is 24.7 Å². The highest BCUT2D eigenvalue weighted by Gasteiger charge is 2.33. The Morgan fingerprint density at radius 3 is 2.71 bits per heavy atom. The molecule has 2 aromatic heterocycles. The Morgan fingerprint density at radius 1 is 1.15 bits per heavy atom. The molecule has 0 amide bonds. The van der Waals surface area contributed by atoms with E-state index in [4.69, 9.17) is 18.9 Å². The van der Waals surface area contributed by atoms with Gasteiger partial charge in [0.1, 0.15) is 25.1 Å². The van der Waals surface area contributed by atoms with Gasteiger partial charge in [-0.25, -0.2) is 9.37 Å². The lowest BCUT2D eigenvalue weighted by molar-refractivity contribution is 0.0809. The van der Waals surface area contributed by atoms with Crippen molar-refractivity contribution in [1.29, 1.82) is 0 Å². The molecule has 3 aromatic rings. The van der Waals surface area contributed by atoms with E-state index in [0.717, 1.165) is 11.1 Å². The summed E-state index contributed by atoms with van der Waals surface area (Å²) in [5.41, 5.74) is 2.42. The summed E-state index contributed by atoms with van der Waals surface area (Å²) < 4.78 is 38.7. The Morgan fingerprint density at radius 2 is 1.94 bits per heavy atom. The van der Waals surface area contributed by atoms with E-state index in [9.17, 15) is 4.79 Å². The smallest absolute Gasteiger partial charge is 0.274 e. The van der Waals surface area contributed by atoms with E-state index < -0.39 is 12.3 Å². The molecule has 5 rings (SSSR count). The molecular formula is C24H27FN4O5. The number of aromatic nitrogens is 3. The zero-order valence-corrected chi connectivity index (χ0v) is 19.4. The summed E-state index contributed by atoms with van der Waals surface area (Å²) in [7, 11) is 1.55. The van der Waals surface area contributed by atoms with Crippen LogP contribution in [0.15, 0.2) is 29.1 Å². The minimum absolute atomic E-state index is 0.109. The standard InChI is InChI=1S/C24H27FN4O5/c1-14-15(2)24(27-29-22(30)10-16(13-31-3)26-23(14)29)28-7-6-19(18(25)12-28)34-17-4-5-20-21(11-17)33-9-8-32-20/h4-5,10-11,18-19H,6-9,12-13H2,1-3H3/t18-,19-/m1/s1. The summed E-state index contributed by atoms with van der Waals surface area (Å²) in [6.45, 7) is 5.69. The highest BCUT2D eigenvalue weighted by molar-refractivity contribution is 5.59. The highest BCUT2D eigenvalue weighted by Crippen LogP contribution is 2.35. The van der Waals surface area contributed by atoms with E-state index in [1.54, 1.807) is 25.3 Å². The Labute approximate surface area is 196 Å².